The molecule has 1 aliphatic carbocycles. The van der Waals surface area contributed by atoms with Crippen LogP contribution in [0.25, 0.3) is 6.08 Å². The molecule has 35 heavy (non-hydrogen) atoms. The van der Waals surface area contributed by atoms with Gasteiger partial charge >= 0.3 is 5.97 Å². The predicted octanol–water partition coefficient (Wildman–Crippen LogP) is 4.37. The Morgan fingerprint density at radius 1 is 1.14 bits per heavy atom. The standard InChI is InChI=1S/C28H42N2O5/c1-17-9-7-10-28(6)16-20(28)14-21(18(2)13-23-29-11-8-12-30-23)35-24(32)15-22(31)27(4,5)26(34)19(3)25(17)33/h8,11-13,17,19-22,25,31,33H,7,9-10,14-16H2,1-6H3/b18-13+/t17-,19+,20+,21-,22-,25-,28-/m0/s1. The van der Waals surface area contributed by atoms with Crippen LogP contribution in [0.15, 0.2) is 24.0 Å². The second kappa shape index (κ2) is 10.9. The van der Waals surface area contributed by atoms with E-state index in [4.69, 9.17) is 4.74 Å². The van der Waals surface area contributed by atoms with Gasteiger partial charge in [-0.2, -0.15) is 0 Å². The first-order valence-corrected chi connectivity index (χ1v) is 12.9. The Labute approximate surface area is 209 Å². The molecule has 1 aliphatic heterocycles. The summed E-state index contributed by atoms with van der Waals surface area (Å²) >= 11 is 0. The highest BCUT2D eigenvalue weighted by molar-refractivity contribution is 5.88. The van der Waals surface area contributed by atoms with Crippen LogP contribution in [0.5, 0.6) is 0 Å². The molecule has 1 aromatic heterocycles. The van der Waals surface area contributed by atoms with Crippen molar-refractivity contribution in [3.8, 4) is 0 Å². The molecule has 1 saturated heterocycles. The number of aliphatic hydroxyl groups is 2. The van der Waals surface area contributed by atoms with E-state index in [-0.39, 0.29) is 23.5 Å². The maximum atomic E-state index is 13.2. The molecule has 7 atom stereocenters. The monoisotopic (exact) mass is 486 g/mol. The molecule has 7 heteroatoms. The summed E-state index contributed by atoms with van der Waals surface area (Å²) in [6.07, 6.45) is 7.05. The molecule has 0 amide bonds. The van der Waals surface area contributed by atoms with Crippen LogP contribution in [0, 0.1) is 28.6 Å². The molecular weight excluding hydrogens is 444 g/mol. The van der Waals surface area contributed by atoms with Gasteiger partial charge in [-0.15, -0.1) is 0 Å². The number of aromatic nitrogens is 2. The van der Waals surface area contributed by atoms with E-state index < -0.39 is 35.6 Å². The van der Waals surface area contributed by atoms with Gasteiger partial charge in [0.05, 0.1) is 24.0 Å². The first kappa shape index (κ1) is 27.5. The number of hydrogen-bond acceptors (Lipinski definition) is 7. The number of fused-ring (bicyclic) bond motifs is 1. The van der Waals surface area contributed by atoms with E-state index in [1.165, 1.54) is 0 Å². The quantitative estimate of drug-likeness (QED) is 0.597. The van der Waals surface area contributed by atoms with E-state index >= 15 is 0 Å². The minimum Gasteiger partial charge on any atom is -0.458 e. The molecule has 3 rings (SSSR count). The summed E-state index contributed by atoms with van der Waals surface area (Å²) in [5, 5.41) is 21.7. The van der Waals surface area contributed by atoms with Crippen LogP contribution in [0.2, 0.25) is 0 Å². The largest absolute Gasteiger partial charge is 0.458 e. The topological polar surface area (TPSA) is 110 Å². The smallest absolute Gasteiger partial charge is 0.309 e. The van der Waals surface area contributed by atoms with E-state index in [1.807, 2.05) is 19.9 Å². The maximum Gasteiger partial charge on any atom is 0.309 e. The average Bonchev–Trinajstić information content (AvgIpc) is 3.45. The van der Waals surface area contributed by atoms with Gasteiger partial charge in [0.25, 0.3) is 0 Å². The van der Waals surface area contributed by atoms with Crippen LogP contribution in [0.1, 0.15) is 85.9 Å². The van der Waals surface area contributed by atoms with Crippen molar-refractivity contribution < 1.29 is 24.5 Å². The number of rotatable bonds is 2. The van der Waals surface area contributed by atoms with Gasteiger partial charge < -0.3 is 14.9 Å². The summed E-state index contributed by atoms with van der Waals surface area (Å²) in [4.78, 5) is 34.7. The molecule has 2 N–H and O–H groups in total. The molecule has 2 fully saturated rings. The molecule has 0 bridgehead atoms. The van der Waals surface area contributed by atoms with Crippen LogP contribution in [-0.2, 0) is 14.3 Å². The zero-order chi connectivity index (χ0) is 26.0. The van der Waals surface area contributed by atoms with Gasteiger partial charge in [-0.1, -0.05) is 41.0 Å². The van der Waals surface area contributed by atoms with E-state index in [1.54, 1.807) is 39.2 Å². The van der Waals surface area contributed by atoms with Gasteiger partial charge in [0.15, 0.2) is 5.82 Å². The summed E-state index contributed by atoms with van der Waals surface area (Å²) in [6, 6.07) is 1.75. The van der Waals surface area contributed by atoms with Gasteiger partial charge in [-0.25, -0.2) is 9.97 Å². The number of carbonyl (C=O) groups is 2. The average molecular weight is 487 g/mol. The van der Waals surface area contributed by atoms with E-state index in [2.05, 4.69) is 16.9 Å². The van der Waals surface area contributed by atoms with Crippen molar-refractivity contribution in [3.05, 3.63) is 29.9 Å². The number of esters is 1. The van der Waals surface area contributed by atoms with E-state index in [0.717, 1.165) is 31.3 Å². The Hall–Kier alpha value is -2.12. The fourth-order valence-corrected chi connectivity index (χ4v) is 5.46. The second-order valence-electron chi connectivity index (χ2n) is 11.7. The summed E-state index contributed by atoms with van der Waals surface area (Å²) in [6.45, 7) is 11.2. The van der Waals surface area contributed by atoms with Crippen molar-refractivity contribution in [1.29, 1.82) is 0 Å². The Morgan fingerprint density at radius 2 is 1.80 bits per heavy atom. The van der Waals surface area contributed by atoms with Gasteiger partial charge in [0.2, 0.25) is 0 Å². The van der Waals surface area contributed by atoms with Gasteiger partial charge in [0.1, 0.15) is 11.9 Å². The number of hydrogen-bond donors (Lipinski definition) is 2. The Balaban J connectivity index is 1.86. The van der Waals surface area contributed by atoms with Crippen molar-refractivity contribution in [2.75, 3.05) is 0 Å². The molecule has 0 spiro atoms. The number of Topliss-reactive ketones (excluding diaryl/α,β-unsaturated/α-hetero) is 1. The molecule has 194 valence electrons. The minimum atomic E-state index is -1.21. The zero-order valence-electron chi connectivity index (χ0n) is 22.0. The summed E-state index contributed by atoms with van der Waals surface area (Å²) in [5.41, 5.74) is -0.155. The predicted molar refractivity (Wildman–Crippen MR) is 134 cm³/mol. The number of carbonyl (C=O) groups excluding carboxylic acids is 2. The van der Waals surface area contributed by atoms with Gasteiger partial charge in [-0.05, 0) is 67.6 Å². The first-order valence-electron chi connectivity index (χ1n) is 12.9. The third kappa shape index (κ3) is 6.56. The molecule has 0 unspecified atom stereocenters. The second-order valence-corrected chi connectivity index (χ2v) is 11.7. The highest BCUT2D eigenvalue weighted by Crippen LogP contribution is 2.58. The lowest BCUT2D eigenvalue weighted by molar-refractivity contribution is -0.154. The van der Waals surface area contributed by atoms with Gasteiger partial charge in [-0.3, -0.25) is 9.59 Å². The Morgan fingerprint density at radius 3 is 2.46 bits per heavy atom. The van der Waals surface area contributed by atoms with Crippen LogP contribution in [-0.4, -0.2) is 50.2 Å². The van der Waals surface area contributed by atoms with Crippen molar-refractivity contribution in [2.24, 2.45) is 28.6 Å². The minimum absolute atomic E-state index is 0.0237. The van der Waals surface area contributed by atoms with Crippen molar-refractivity contribution >= 4 is 17.8 Å². The normalized spacial score (nSPS) is 37.3. The number of ether oxygens (including phenoxy) is 1. The SMILES string of the molecule is C/C(=C\c1ncccn1)[C@@H]1C[C@@H]2C[C@]2(C)CCC[C@H](C)[C@H](O)[C@@H](C)C(=O)C(C)(C)[C@@H](O)CC(=O)O1. The first-order chi connectivity index (χ1) is 16.3. The Bertz CT molecular complexity index is 931. The lowest BCUT2D eigenvalue weighted by Gasteiger charge is -2.34. The van der Waals surface area contributed by atoms with Crippen LogP contribution >= 0.6 is 0 Å². The number of cyclic esters (lactones) is 1. The number of aliphatic hydroxyl groups excluding tert-OH is 2. The highest BCUT2D eigenvalue weighted by atomic mass is 16.5. The number of nitrogens with zero attached hydrogens (tertiary/aromatic N) is 2. The summed E-state index contributed by atoms with van der Waals surface area (Å²) in [7, 11) is 0. The van der Waals surface area contributed by atoms with Crippen LogP contribution < -0.4 is 0 Å². The lowest BCUT2D eigenvalue weighted by atomic mass is 9.73. The molecule has 1 saturated carbocycles. The van der Waals surface area contributed by atoms with Crippen LogP contribution in [0.3, 0.4) is 0 Å². The molecule has 2 aliphatic rings. The molecular formula is C28H42N2O5. The molecule has 0 radical (unpaired) electrons. The summed E-state index contributed by atoms with van der Waals surface area (Å²) < 4.78 is 5.91. The van der Waals surface area contributed by atoms with Crippen molar-refractivity contribution in [1.82, 2.24) is 9.97 Å². The fourth-order valence-electron chi connectivity index (χ4n) is 5.46. The van der Waals surface area contributed by atoms with Gasteiger partial charge in [0, 0.05) is 18.3 Å². The highest BCUT2D eigenvalue weighted by Gasteiger charge is 2.50. The van der Waals surface area contributed by atoms with E-state index in [9.17, 15) is 19.8 Å². The number of ketones is 1. The third-order valence-electron chi connectivity index (χ3n) is 8.51. The zero-order valence-corrected chi connectivity index (χ0v) is 22.0. The van der Waals surface area contributed by atoms with Crippen LogP contribution in [0.4, 0.5) is 0 Å². The fraction of sp³-hybridized carbons (Fsp3) is 0.714. The maximum absolute atomic E-state index is 13.2. The lowest BCUT2D eigenvalue weighted by Crippen LogP contribution is -2.45. The third-order valence-corrected chi connectivity index (χ3v) is 8.51. The molecule has 7 nitrogen and oxygen atoms in total. The van der Waals surface area contributed by atoms with Crippen molar-refractivity contribution in [2.45, 2.75) is 98.4 Å². The molecule has 1 aromatic rings. The van der Waals surface area contributed by atoms with E-state index in [0.29, 0.717) is 18.2 Å². The molecule has 0 aromatic carbocycles. The van der Waals surface area contributed by atoms with Crippen molar-refractivity contribution in [3.63, 3.8) is 0 Å². The molecule has 2 heterocycles. The summed E-state index contributed by atoms with van der Waals surface area (Å²) in [5.74, 6) is -0.458. The Kier molecular flexibility index (Phi) is 8.53.